The molecule has 1 aromatic heterocycles. The Morgan fingerprint density at radius 3 is 2.58 bits per heavy atom. The predicted octanol–water partition coefficient (Wildman–Crippen LogP) is 5.13. The normalized spacial score (nSPS) is 20.7. The summed E-state index contributed by atoms with van der Waals surface area (Å²) in [6.07, 6.45) is 6.64. The fourth-order valence-corrected chi connectivity index (χ4v) is 5.67. The second kappa shape index (κ2) is 10.8. The van der Waals surface area contributed by atoms with Crippen LogP contribution in [0, 0.1) is 34.0 Å². The maximum absolute atomic E-state index is 14.0. The molecule has 230 valence electrons. The molecule has 0 bridgehead atoms. The minimum absolute atomic E-state index is 0.0501. The first-order valence-electron chi connectivity index (χ1n) is 14.4. The van der Waals surface area contributed by atoms with Crippen LogP contribution in [0.4, 0.5) is 24.5 Å². The lowest BCUT2D eigenvalue weighted by Crippen LogP contribution is -2.52. The van der Waals surface area contributed by atoms with Crippen LogP contribution in [-0.4, -0.2) is 46.4 Å². The van der Waals surface area contributed by atoms with E-state index in [2.05, 4.69) is 43.7 Å². The lowest BCUT2D eigenvalue weighted by atomic mass is 9.82. The fraction of sp³-hybridized carbons (Fsp3) is 0.344. The number of alkyl halides is 3. The average Bonchev–Trinajstić information content (AvgIpc) is 3.69. The highest BCUT2D eigenvalue weighted by Gasteiger charge is 2.67. The van der Waals surface area contributed by atoms with E-state index < -0.39 is 23.7 Å². The van der Waals surface area contributed by atoms with Gasteiger partial charge in [-0.1, -0.05) is 39.0 Å². The molecule has 1 aromatic carbocycles. The number of nitrogens with zero attached hydrogens (tertiary/aromatic N) is 5. The van der Waals surface area contributed by atoms with E-state index in [1.54, 1.807) is 36.4 Å². The Bertz CT molecular complexity index is 1830. The number of fused-ring (bicyclic) bond motifs is 2. The molecule has 1 fully saturated rings. The molecular weight excluding hydrogens is 583 g/mol. The summed E-state index contributed by atoms with van der Waals surface area (Å²) in [5.74, 6) is -0.991. The van der Waals surface area contributed by atoms with E-state index in [0.717, 1.165) is 5.01 Å². The van der Waals surface area contributed by atoms with Crippen LogP contribution in [0.5, 0.6) is 0 Å². The number of hydrazine groups is 2. The molecule has 1 unspecified atom stereocenters. The first-order valence-corrected chi connectivity index (χ1v) is 14.4. The van der Waals surface area contributed by atoms with Gasteiger partial charge in [0.25, 0.3) is 5.91 Å². The van der Waals surface area contributed by atoms with E-state index >= 15 is 0 Å². The quantitative estimate of drug-likeness (QED) is 0.335. The standard InChI is InChI=1S/C32H30F3N9O/c1-30(2,3)17-40-27-19(14-37)15-39-26-18(13-36)11-20(12-24(26)27)41-28(22-5-4-6-23-21(22)7-10-38-29(23)45)25-16-44(43-42-25)31(8-9-31)32(33,34)35/h4-7,10-12,15-16,23,28,41-43H,8-9,17H2,1-3H3,(H,39,40)/t23?,28-/m0/s1. The number of dihydropyridines is 1. The molecule has 6 rings (SSSR count). The van der Waals surface area contributed by atoms with Crippen LogP contribution in [0.15, 0.2) is 70.7 Å². The molecule has 4 aliphatic rings. The van der Waals surface area contributed by atoms with Crippen LogP contribution in [-0.2, 0) is 4.79 Å². The number of nitrogens with one attached hydrogen (secondary N) is 4. The predicted molar refractivity (Wildman–Crippen MR) is 163 cm³/mol. The molecule has 1 saturated carbocycles. The summed E-state index contributed by atoms with van der Waals surface area (Å²) >= 11 is 0. The molecule has 2 aliphatic heterocycles. The van der Waals surface area contributed by atoms with E-state index in [1.165, 1.54) is 18.6 Å². The van der Waals surface area contributed by atoms with Gasteiger partial charge in [0.15, 0.2) is 5.54 Å². The van der Waals surface area contributed by atoms with Crippen molar-refractivity contribution in [3.8, 4) is 12.1 Å². The summed E-state index contributed by atoms with van der Waals surface area (Å²) in [6.45, 7) is 6.68. The highest BCUT2D eigenvalue weighted by Crippen LogP contribution is 2.53. The number of allylic oxidation sites excluding steroid dienone is 3. The van der Waals surface area contributed by atoms with E-state index in [4.69, 9.17) is 0 Å². The van der Waals surface area contributed by atoms with Gasteiger partial charge in [-0.2, -0.15) is 23.7 Å². The number of pyridine rings is 1. The third-order valence-electron chi connectivity index (χ3n) is 8.21. The van der Waals surface area contributed by atoms with E-state index in [9.17, 15) is 28.5 Å². The number of carbonyl (C=O) groups excluding carboxylic acids is 1. The molecule has 0 saturated heterocycles. The third-order valence-corrected chi connectivity index (χ3v) is 8.21. The van der Waals surface area contributed by atoms with Gasteiger partial charge < -0.3 is 16.1 Å². The molecule has 2 aliphatic carbocycles. The molecule has 3 heterocycles. The molecule has 0 spiro atoms. The van der Waals surface area contributed by atoms with Crippen molar-refractivity contribution in [3.63, 3.8) is 0 Å². The Morgan fingerprint density at radius 2 is 1.91 bits per heavy atom. The molecule has 0 radical (unpaired) electrons. The maximum Gasteiger partial charge on any atom is 0.413 e. The van der Waals surface area contributed by atoms with Crippen molar-refractivity contribution in [1.29, 1.82) is 10.5 Å². The van der Waals surface area contributed by atoms with Gasteiger partial charge in [-0.3, -0.25) is 14.8 Å². The highest BCUT2D eigenvalue weighted by molar-refractivity contribution is 6.00. The lowest BCUT2D eigenvalue weighted by Gasteiger charge is -2.30. The van der Waals surface area contributed by atoms with Crippen molar-refractivity contribution in [2.24, 2.45) is 16.3 Å². The van der Waals surface area contributed by atoms with Gasteiger partial charge in [-0.05, 0) is 47.6 Å². The number of halogens is 3. The van der Waals surface area contributed by atoms with E-state index in [1.807, 2.05) is 20.8 Å². The van der Waals surface area contributed by atoms with Crippen molar-refractivity contribution in [2.75, 3.05) is 17.2 Å². The number of hydrogen-bond acceptors (Lipinski definition) is 9. The Kier molecular flexibility index (Phi) is 7.17. The summed E-state index contributed by atoms with van der Waals surface area (Å²) in [4.78, 5) is 20.9. The number of nitriles is 2. The zero-order valence-electron chi connectivity index (χ0n) is 24.8. The number of carbonyl (C=O) groups is 1. The van der Waals surface area contributed by atoms with Gasteiger partial charge in [0.05, 0.1) is 40.0 Å². The van der Waals surface area contributed by atoms with Crippen molar-refractivity contribution in [3.05, 3.63) is 76.8 Å². The zero-order chi connectivity index (χ0) is 32.1. The molecule has 45 heavy (non-hydrogen) atoms. The smallest absolute Gasteiger partial charge is 0.383 e. The van der Waals surface area contributed by atoms with Crippen LogP contribution < -0.4 is 21.6 Å². The largest absolute Gasteiger partial charge is 0.413 e. The highest BCUT2D eigenvalue weighted by atomic mass is 19.4. The van der Waals surface area contributed by atoms with Crippen molar-refractivity contribution >= 4 is 34.4 Å². The monoisotopic (exact) mass is 613 g/mol. The Balaban J connectivity index is 1.46. The topological polar surface area (TPSA) is 141 Å². The van der Waals surface area contributed by atoms with Gasteiger partial charge in [0, 0.05) is 36.2 Å². The number of hydrogen-bond donors (Lipinski definition) is 4. The second-order valence-corrected chi connectivity index (χ2v) is 12.6. The molecule has 1 amide bonds. The molecule has 2 aromatic rings. The summed E-state index contributed by atoms with van der Waals surface area (Å²) in [7, 11) is 0. The Morgan fingerprint density at radius 1 is 1.16 bits per heavy atom. The number of rotatable bonds is 7. The first-order chi connectivity index (χ1) is 21.3. The molecule has 13 heteroatoms. The van der Waals surface area contributed by atoms with E-state index in [0.29, 0.717) is 51.2 Å². The van der Waals surface area contributed by atoms with Gasteiger partial charge in [0.2, 0.25) is 0 Å². The Hall–Kier alpha value is -5.14. The average molecular weight is 614 g/mol. The third kappa shape index (κ3) is 5.40. The summed E-state index contributed by atoms with van der Waals surface area (Å²) in [5, 5.41) is 28.3. The first kappa shape index (κ1) is 29.9. The van der Waals surface area contributed by atoms with Crippen LogP contribution in [0.3, 0.4) is 0 Å². The SMILES string of the molecule is CC(C)(C)CNc1c(C#N)cnc2c(C#N)cc(N[C@H](C3=CN(C4(C(F)(F)F)CC4)NN3)C3=CC=CC4C(=O)N=CC=C34)cc12. The fourth-order valence-electron chi connectivity index (χ4n) is 5.67. The van der Waals surface area contributed by atoms with E-state index in [-0.39, 0.29) is 29.7 Å². The lowest BCUT2D eigenvalue weighted by molar-refractivity contribution is -0.195. The minimum atomic E-state index is -4.45. The van der Waals surface area contributed by atoms with Crippen LogP contribution in [0.1, 0.15) is 44.7 Å². The molecular formula is C32H30F3N9O. The van der Waals surface area contributed by atoms with Crippen LogP contribution >= 0.6 is 0 Å². The number of amides is 1. The van der Waals surface area contributed by atoms with Crippen molar-refractivity contribution < 1.29 is 18.0 Å². The zero-order valence-corrected chi connectivity index (χ0v) is 24.8. The van der Waals surface area contributed by atoms with Gasteiger partial charge in [0.1, 0.15) is 12.1 Å². The molecule has 2 atom stereocenters. The van der Waals surface area contributed by atoms with Crippen molar-refractivity contribution in [2.45, 2.75) is 51.4 Å². The number of aliphatic imine (C=N–C) groups is 1. The summed E-state index contributed by atoms with van der Waals surface area (Å²) < 4.78 is 42.0. The van der Waals surface area contributed by atoms with Crippen LogP contribution in [0.25, 0.3) is 10.9 Å². The minimum Gasteiger partial charge on any atom is -0.383 e. The van der Waals surface area contributed by atoms with Gasteiger partial charge >= 0.3 is 6.18 Å². The summed E-state index contributed by atoms with van der Waals surface area (Å²) in [6, 6.07) is 6.94. The number of benzene rings is 1. The maximum atomic E-state index is 14.0. The molecule has 4 N–H and O–H groups in total. The second-order valence-electron chi connectivity index (χ2n) is 12.6. The number of anilines is 2. The molecule has 10 nitrogen and oxygen atoms in total. The van der Waals surface area contributed by atoms with Gasteiger partial charge in [-0.25, -0.2) is 4.99 Å². The number of aromatic nitrogens is 1. The summed E-state index contributed by atoms with van der Waals surface area (Å²) in [5.41, 5.74) is 7.03. The Labute approximate surface area is 257 Å². The van der Waals surface area contributed by atoms with Crippen molar-refractivity contribution in [1.82, 2.24) is 21.0 Å². The van der Waals surface area contributed by atoms with Crippen LogP contribution in [0.2, 0.25) is 0 Å². The van der Waals surface area contributed by atoms with Gasteiger partial charge in [-0.15, -0.1) is 5.53 Å².